The highest BCUT2D eigenvalue weighted by atomic mass is 32.2. The molecule has 1 aromatic rings. The molecular weight excluding hydrogens is 284 g/mol. The summed E-state index contributed by atoms with van der Waals surface area (Å²) in [5.41, 5.74) is 8.00. The van der Waals surface area contributed by atoms with Gasteiger partial charge in [-0.25, -0.2) is 0 Å². The summed E-state index contributed by atoms with van der Waals surface area (Å²) in [4.78, 5) is 16.2. The molecule has 6 heteroatoms. The number of thioether (sulfide) groups is 1. The first-order valence-electron chi connectivity index (χ1n) is 7.23. The van der Waals surface area contributed by atoms with Gasteiger partial charge in [0.25, 0.3) is 5.91 Å². The largest absolute Gasteiger partial charge is 0.399 e. The summed E-state index contributed by atoms with van der Waals surface area (Å²) < 4.78 is 0. The van der Waals surface area contributed by atoms with Crippen LogP contribution in [0.1, 0.15) is 10.4 Å². The Kier molecular flexibility index (Phi) is 5.76. The number of amides is 1. The highest BCUT2D eigenvalue weighted by Crippen LogP contribution is 2.20. The second-order valence-electron chi connectivity index (χ2n) is 5.39. The molecule has 1 aromatic carbocycles. The number of benzene rings is 1. The molecule has 116 valence electrons. The van der Waals surface area contributed by atoms with Crippen LogP contribution in [-0.2, 0) is 0 Å². The summed E-state index contributed by atoms with van der Waals surface area (Å²) in [6.07, 6.45) is 0. The average Bonchev–Trinajstić information content (AvgIpc) is 2.48. The number of nitrogens with one attached hydrogen (secondary N) is 1. The molecule has 0 aliphatic carbocycles. The molecule has 21 heavy (non-hydrogen) atoms. The molecule has 1 fully saturated rings. The minimum atomic E-state index is -0.00753. The molecule has 5 nitrogen and oxygen atoms in total. The molecule has 1 amide bonds. The third-order valence-corrected chi connectivity index (χ3v) is 4.47. The predicted molar refractivity (Wildman–Crippen MR) is 91.1 cm³/mol. The van der Waals surface area contributed by atoms with E-state index in [0.717, 1.165) is 31.9 Å². The van der Waals surface area contributed by atoms with Gasteiger partial charge in [0.2, 0.25) is 0 Å². The molecular formula is C15H24N4OS. The Morgan fingerprint density at radius 3 is 2.76 bits per heavy atom. The van der Waals surface area contributed by atoms with Gasteiger partial charge in [0.05, 0.1) is 5.56 Å². The van der Waals surface area contributed by atoms with Gasteiger partial charge in [-0.2, -0.15) is 11.8 Å². The van der Waals surface area contributed by atoms with Crippen LogP contribution in [0.15, 0.2) is 18.2 Å². The van der Waals surface area contributed by atoms with E-state index in [9.17, 15) is 4.79 Å². The molecule has 2 rings (SSSR count). The Morgan fingerprint density at radius 1 is 1.38 bits per heavy atom. The number of hydrogen-bond donors (Lipinski definition) is 2. The Hall–Kier alpha value is -1.40. The van der Waals surface area contributed by atoms with Crippen molar-refractivity contribution in [3.05, 3.63) is 23.8 Å². The number of anilines is 2. The summed E-state index contributed by atoms with van der Waals surface area (Å²) in [6.45, 7) is 4.10. The maximum absolute atomic E-state index is 12.2. The van der Waals surface area contributed by atoms with E-state index >= 15 is 0 Å². The number of rotatable bonds is 5. The van der Waals surface area contributed by atoms with E-state index in [1.54, 1.807) is 31.1 Å². The first-order chi connectivity index (χ1) is 10.1. The van der Waals surface area contributed by atoms with Crippen LogP contribution in [0.25, 0.3) is 0 Å². The topological polar surface area (TPSA) is 61.6 Å². The third-order valence-electron chi connectivity index (χ3n) is 3.53. The van der Waals surface area contributed by atoms with Crippen molar-refractivity contribution < 1.29 is 4.79 Å². The second kappa shape index (κ2) is 7.56. The summed E-state index contributed by atoms with van der Waals surface area (Å²) >= 11 is 2.01. The lowest BCUT2D eigenvalue weighted by Gasteiger charge is -2.26. The van der Waals surface area contributed by atoms with E-state index in [0.29, 0.717) is 11.3 Å². The molecule has 0 saturated carbocycles. The van der Waals surface area contributed by atoms with Crippen molar-refractivity contribution in [2.24, 2.45) is 0 Å². The van der Waals surface area contributed by atoms with Crippen molar-refractivity contribution in [2.75, 3.05) is 62.8 Å². The first-order valence-corrected chi connectivity index (χ1v) is 8.38. The fraction of sp³-hybridized carbons (Fsp3) is 0.533. The lowest BCUT2D eigenvalue weighted by molar-refractivity contribution is 0.0828. The standard InChI is InChI=1S/C15H24N4OS/c1-18(2)15(20)13-4-3-12(16)11-14(13)17-5-6-19-7-9-21-10-8-19/h3-4,11,17H,5-10,16H2,1-2H3. The SMILES string of the molecule is CN(C)C(=O)c1ccc(N)cc1NCCN1CCSCC1. The molecule has 0 spiro atoms. The van der Waals surface area contributed by atoms with Crippen molar-refractivity contribution in [1.29, 1.82) is 0 Å². The molecule has 1 saturated heterocycles. The summed E-state index contributed by atoms with van der Waals surface area (Å²) in [6, 6.07) is 5.39. The Balaban J connectivity index is 1.97. The van der Waals surface area contributed by atoms with Gasteiger partial charge in [-0.1, -0.05) is 0 Å². The number of nitrogens with zero attached hydrogens (tertiary/aromatic N) is 2. The number of nitrogens with two attached hydrogens (primary N) is 1. The molecule has 1 aliphatic heterocycles. The van der Waals surface area contributed by atoms with Crippen molar-refractivity contribution in [2.45, 2.75) is 0 Å². The van der Waals surface area contributed by atoms with Crippen molar-refractivity contribution in [3.8, 4) is 0 Å². The lowest BCUT2D eigenvalue weighted by atomic mass is 10.1. The van der Waals surface area contributed by atoms with Crippen LogP contribution in [0.4, 0.5) is 11.4 Å². The van der Waals surface area contributed by atoms with Gasteiger partial charge in [0, 0.05) is 63.2 Å². The molecule has 3 N–H and O–H groups in total. The van der Waals surface area contributed by atoms with Gasteiger partial charge in [-0.05, 0) is 18.2 Å². The normalized spacial score (nSPS) is 15.7. The van der Waals surface area contributed by atoms with E-state index in [1.807, 2.05) is 17.8 Å². The van der Waals surface area contributed by atoms with Crippen molar-refractivity contribution in [3.63, 3.8) is 0 Å². The monoisotopic (exact) mass is 308 g/mol. The van der Waals surface area contributed by atoms with Gasteiger partial charge < -0.3 is 16.0 Å². The van der Waals surface area contributed by atoms with Gasteiger partial charge in [-0.3, -0.25) is 9.69 Å². The summed E-state index contributed by atoms with van der Waals surface area (Å²) in [7, 11) is 3.52. The average molecular weight is 308 g/mol. The number of carbonyl (C=O) groups excluding carboxylic acids is 1. The van der Waals surface area contributed by atoms with E-state index in [1.165, 1.54) is 11.5 Å². The van der Waals surface area contributed by atoms with Crippen LogP contribution in [0.5, 0.6) is 0 Å². The number of nitrogen functional groups attached to an aromatic ring is 1. The minimum absolute atomic E-state index is 0.00753. The molecule has 1 heterocycles. The highest BCUT2D eigenvalue weighted by molar-refractivity contribution is 7.99. The lowest BCUT2D eigenvalue weighted by Crippen LogP contribution is -2.36. The highest BCUT2D eigenvalue weighted by Gasteiger charge is 2.14. The first kappa shape index (κ1) is 16.0. The fourth-order valence-electron chi connectivity index (χ4n) is 2.31. The summed E-state index contributed by atoms with van der Waals surface area (Å²) in [5.74, 6) is 2.41. The Labute approximate surface area is 130 Å². The van der Waals surface area contributed by atoms with Gasteiger partial charge in [-0.15, -0.1) is 0 Å². The molecule has 0 atom stereocenters. The summed E-state index contributed by atoms with van der Waals surface area (Å²) in [5, 5.41) is 3.36. The van der Waals surface area contributed by atoms with E-state index < -0.39 is 0 Å². The number of hydrogen-bond acceptors (Lipinski definition) is 5. The third kappa shape index (κ3) is 4.54. The van der Waals surface area contributed by atoms with Gasteiger partial charge in [0.1, 0.15) is 0 Å². The maximum atomic E-state index is 12.2. The van der Waals surface area contributed by atoms with Crippen LogP contribution in [0.2, 0.25) is 0 Å². The molecule has 0 radical (unpaired) electrons. The van der Waals surface area contributed by atoms with Crippen molar-refractivity contribution in [1.82, 2.24) is 9.80 Å². The maximum Gasteiger partial charge on any atom is 0.255 e. The second-order valence-corrected chi connectivity index (χ2v) is 6.61. The molecule has 0 unspecified atom stereocenters. The quantitative estimate of drug-likeness (QED) is 0.806. The van der Waals surface area contributed by atoms with Gasteiger partial charge in [0.15, 0.2) is 0 Å². The fourth-order valence-corrected chi connectivity index (χ4v) is 3.29. The van der Waals surface area contributed by atoms with Crippen molar-refractivity contribution >= 4 is 29.0 Å². The zero-order valence-corrected chi connectivity index (χ0v) is 13.6. The molecule has 0 aromatic heterocycles. The molecule has 0 bridgehead atoms. The minimum Gasteiger partial charge on any atom is -0.399 e. The van der Waals surface area contributed by atoms with E-state index in [4.69, 9.17) is 5.73 Å². The van der Waals surface area contributed by atoms with Crippen LogP contribution < -0.4 is 11.1 Å². The van der Waals surface area contributed by atoms with Crippen LogP contribution in [0, 0.1) is 0 Å². The van der Waals surface area contributed by atoms with E-state index in [-0.39, 0.29) is 5.91 Å². The van der Waals surface area contributed by atoms with Gasteiger partial charge >= 0.3 is 0 Å². The van der Waals surface area contributed by atoms with Crippen LogP contribution in [0.3, 0.4) is 0 Å². The smallest absolute Gasteiger partial charge is 0.255 e. The Morgan fingerprint density at radius 2 is 2.10 bits per heavy atom. The van der Waals surface area contributed by atoms with Crippen LogP contribution in [-0.4, -0.2) is 67.5 Å². The Bertz CT molecular complexity index is 487. The number of carbonyl (C=O) groups is 1. The zero-order valence-electron chi connectivity index (χ0n) is 12.8. The van der Waals surface area contributed by atoms with Crippen LogP contribution >= 0.6 is 11.8 Å². The predicted octanol–water partition coefficient (Wildman–Crippen LogP) is 1.43. The van der Waals surface area contributed by atoms with E-state index in [2.05, 4.69) is 10.2 Å². The zero-order chi connectivity index (χ0) is 15.2. The molecule has 1 aliphatic rings.